The van der Waals surface area contributed by atoms with Crippen molar-refractivity contribution in [2.24, 2.45) is 5.92 Å². The van der Waals surface area contributed by atoms with Gasteiger partial charge >= 0.3 is 0 Å². The van der Waals surface area contributed by atoms with Crippen LogP contribution >= 0.6 is 0 Å². The van der Waals surface area contributed by atoms with Gasteiger partial charge in [-0.05, 0) is 6.42 Å². The Balaban J connectivity index is 0.000001000. The van der Waals surface area contributed by atoms with E-state index in [2.05, 4.69) is 12.7 Å². The fourth-order valence-electron chi connectivity index (χ4n) is 1.48. The van der Waals surface area contributed by atoms with Crippen LogP contribution < -0.4 is 18.1 Å². The molecule has 0 aromatic rings. The molecular weight excluding hydrogens is 162 g/mol. The Morgan fingerprint density at radius 3 is 2.64 bits per heavy atom. The first-order valence-corrected chi connectivity index (χ1v) is 4.19. The number of quaternary nitrogens is 1. The Bertz CT molecular complexity index is 121. The average Bonchev–Trinajstić information content (AvgIpc) is 2.59. The van der Waals surface area contributed by atoms with E-state index in [4.69, 9.17) is 5.11 Å². The van der Waals surface area contributed by atoms with Crippen molar-refractivity contribution in [1.29, 1.82) is 0 Å². The molecule has 1 saturated carbocycles. The van der Waals surface area contributed by atoms with Crippen LogP contribution in [0.2, 0.25) is 0 Å². The molecule has 1 rings (SSSR count). The van der Waals surface area contributed by atoms with Gasteiger partial charge in [0.2, 0.25) is 0 Å². The summed E-state index contributed by atoms with van der Waals surface area (Å²) in [7, 11) is 0. The maximum Gasteiger partial charge on any atom is 0.121 e. The molecule has 0 radical (unpaired) electrons. The summed E-state index contributed by atoms with van der Waals surface area (Å²) >= 11 is 0. The fraction of sp³-hybridized carbons (Fsp3) is 1.00. The molecule has 1 aliphatic rings. The van der Waals surface area contributed by atoms with Gasteiger partial charge in [0, 0.05) is 12.3 Å². The van der Waals surface area contributed by atoms with Gasteiger partial charge in [-0.3, -0.25) is 0 Å². The molecule has 3 heteroatoms. The molecule has 4 N–H and O–H groups in total. The molecule has 0 aromatic heterocycles. The Morgan fingerprint density at radius 1 is 1.64 bits per heavy atom. The summed E-state index contributed by atoms with van der Waals surface area (Å²) in [5.74, 6) is 0.720. The third kappa shape index (κ3) is 2.62. The average molecular weight is 180 g/mol. The Morgan fingerprint density at radius 2 is 2.27 bits per heavy atom. The Labute approximate surface area is 74.6 Å². The Hall–Kier alpha value is 0.210. The van der Waals surface area contributed by atoms with Crippen molar-refractivity contribution in [1.82, 2.24) is 0 Å². The van der Waals surface area contributed by atoms with Crippen LogP contribution in [0.5, 0.6) is 0 Å². The first kappa shape index (κ1) is 11.2. The van der Waals surface area contributed by atoms with E-state index in [9.17, 15) is 0 Å². The van der Waals surface area contributed by atoms with Crippen LogP contribution in [0.15, 0.2) is 0 Å². The summed E-state index contributed by atoms with van der Waals surface area (Å²) in [6, 6.07) is 0. The highest BCUT2D eigenvalue weighted by Gasteiger charge is 2.54. The van der Waals surface area contributed by atoms with Gasteiger partial charge in [-0.1, -0.05) is 19.8 Å². The summed E-state index contributed by atoms with van der Waals surface area (Å²) in [4.78, 5) is 0. The van der Waals surface area contributed by atoms with E-state index in [0.717, 1.165) is 12.3 Å². The van der Waals surface area contributed by atoms with Crippen molar-refractivity contribution in [3.05, 3.63) is 0 Å². The molecule has 68 valence electrons. The first-order chi connectivity index (χ1) is 4.73. The highest BCUT2D eigenvalue weighted by Crippen LogP contribution is 2.42. The zero-order valence-corrected chi connectivity index (χ0v) is 7.90. The zero-order valence-electron chi connectivity index (χ0n) is 7.15. The molecule has 0 aliphatic heterocycles. The lowest BCUT2D eigenvalue weighted by Crippen LogP contribution is -3.00. The lowest BCUT2D eigenvalue weighted by Gasteiger charge is -2.01. The van der Waals surface area contributed by atoms with Crippen molar-refractivity contribution in [3.8, 4) is 0 Å². The summed E-state index contributed by atoms with van der Waals surface area (Å²) in [5.41, 5.74) is 4.05. The van der Waals surface area contributed by atoms with Crippen LogP contribution in [-0.2, 0) is 0 Å². The molecular formula is C8H18ClNO. The van der Waals surface area contributed by atoms with E-state index in [1.54, 1.807) is 0 Å². The SMILES string of the molecule is CCCCC1CC1([NH3+])CO.[Cl-]. The molecule has 1 aliphatic carbocycles. The topological polar surface area (TPSA) is 47.9 Å². The third-order valence-electron chi connectivity index (χ3n) is 2.58. The van der Waals surface area contributed by atoms with Crippen LogP contribution in [0.1, 0.15) is 32.6 Å². The predicted octanol–water partition coefficient (Wildman–Crippen LogP) is -2.83. The van der Waals surface area contributed by atoms with Gasteiger partial charge in [-0.15, -0.1) is 0 Å². The van der Waals surface area contributed by atoms with E-state index in [1.807, 2.05) is 0 Å². The minimum atomic E-state index is 0. The second-order valence-electron chi connectivity index (χ2n) is 3.56. The zero-order chi connectivity index (χ0) is 7.61. The van der Waals surface area contributed by atoms with Crippen LogP contribution in [0, 0.1) is 5.92 Å². The number of hydrogen-bond donors (Lipinski definition) is 2. The van der Waals surface area contributed by atoms with E-state index in [-0.39, 0.29) is 24.6 Å². The molecule has 2 unspecified atom stereocenters. The van der Waals surface area contributed by atoms with Gasteiger partial charge in [0.15, 0.2) is 0 Å². The number of aliphatic hydroxyl groups is 1. The highest BCUT2D eigenvalue weighted by molar-refractivity contribution is 5.00. The standard InChI is InChI=1S/C8H17NO.ClH/c1-2-3-4-7-5-8(7,9)6-10;/h7,10H,2-6,9H2,1H3;1H. The number of aliphatic hydroxyl groups excluding tert-OH is 1. The van der Waals surface area contributed by atoms with Gasteiger partial charge < -0.3 is 23.2 Å². The summed E-state index contributed by atoms with van der Waals surface area (Å²) in [5, 5.41) is 8.87. The van der Waals surface area contributed by atoms with Gasteiger partial charge in [0.25, 0.3) is 0 Å². The minimum absolute atomic E-state index is 0. The van der Waals surface area contributed by atoms with Gasteiger partial charge in [0.1, 0.15) is 5.54 Å². The van der Waals surface area contributed by atoms with Crippen molar-refractivity contribution >= 4 is 0 Å². The van der Waals surface area contributed by atoms with E-state index in [0.29, 0.717) is 0 Å². The lowest BCUT2D eigenvalue weighted by molar-refractivity contribution is -0.449. The quantitative estimate of drug-likeness (QED) is 0.481. The van der Waals surface area contributed by atoms with Crippen LogP contribution in [0.4, 0.5) is 0 Å². The molecule has 0 bridgehead atoms. The van der Waals surface area contributed by atoms with E-state index in [1.165, 1.54) is 19.3 Å². The maximum absolute atomic E-state index is 8.87. The molecule has 0 saturated heterocycles. The Kier molecular flexibility index (Phi) is 4.37. The van der Waals surface area contributed by atoms with Crippen molar-refractivity contribution < 1.29 is 23.2 Å². The normalized spacial score (nSPS) is 34.6. The van der Waals surface area contributed by atoms with Gasteiger partial charge in [-0.2, -0.15) is 0 Å². The van der Waals surface area contributed by atoms with Gasteiger partial charge in [-0.25, -0.2) is 0 Å². The number of halogens is 1. The lowest BCUT2D eigenvalue weighted by atomic mass is 10.1. The molecule has 2 nitrogen and oxygen atoms in total. The second-order valence-corrected chi connectivity index (χ2v) is 3.56. The van der Waals surface area contributed by atoms with E-state index >= 15 is 0 Å². The number of unbranched alkanes of at least 4 members (excludes halogenated alkanes) is 1. The molecule has 2 atom stereocenters. The fourth-order valence-corrected chi connectivity index (χ4v) is 1.48. The monoisotopic (exact) mass is 179 g/mol. The summed E-state index contributed by atoms with van der Waals surface area (Å²) < 4.78 is 0. The van der Waals surface area contributed by atoms with Crippen molar-refractivity contribution in [3.63, 3.8) is 0 Å². The molecule has 0 amide bonds. The molecule has 1 fully saturated rings. The van der Waals surface area contributed by atoms with Crippen LogP contribution in [0.25, 0.3) is 0 Å². The summed E-state index contributed by atoms with van der Waals surface area (Å²) in [6.45, 7) is 2.48. The first-order valence-electron chi connectivity index (χ1n) is 4.19. The van der Waals surface area contributed by atoms with E-state index < -0.39 is 0 Å². The number of hydrogen-bond acceptors (Lipinski definition) is 1. The van der Waals surface area contributed by atoms with Crippen LogP contribution in [0.3, 0.4) is 0 Å². The minimum Gasteiger partial charge on any atom is -1.00 e. The molecule has 0 heterocycles. The largest absolute Gasteiger partial charge is 1.00 e. The molecule has 0 aromatic carbocycles. The van der Waals surface area contributed by atoms with Crippen molar-refractivity contribution in [2.75, 3.05) is 6.61 Å². The second kappa shape index (κ2) is 4.29. The van der Waals surface area contributed by atoms with Gasteiger partial charge in [0.05, 0.1) is 6.61 Å². The highest BCUT2D eigenvalue weighted by atomic mass is 35.5. The number of rotatable bonds is 4. The third-order valence-corrected chi connectivity index (χ3v) is 2.58. The van der Waals surface area contributed by atoms with Crippen LogP contribution in [-0.4, -0.2) is 17.3 Å². The predicted molar refractivity (Wildman–Crippen MR) is 40.3 cm³/mol. The smallest absolute Gasteiger partial charge is 0.121 e. The molecule has 0 spiro atoms. The summed E-state index contributed by atoms with van der Waals surface area (Å²) in [6.07, 6.45) is 4.96. The van der Waals surface area contributed by atoms with Crippen molar-refractivity contribution in [2.45, 2.75) is 38.1 Å². The maximum atomic E-state index is 8.87. The molecule has 11 heavy (non-hydrogen) atoms.